The zero-order valence-corrected chi connectivity index (χ0v) is 11.2. The molecule has 0 spiro atoms. The zero-order chi connectivity index (χ0) is 13.8. The summed E-state index contributed by atoms with van der Waals surface area (Å²) in [5, 5.41) is 11.8. The third-order valence-corrected chi connectivity index (χ3v) is 3.37. The van der Waals surface area contributed by atoms with Crippen molar-refractivity contribution in [3.8, 4) is 5.75 Å². The molecule has 0 bridgehead atoms. The fourth-order valence-electron chi connectivity index (χ4n) is 2.27. The predicted molar refractivity (Wildman–Crippen MR) is 84.8 cm³/mol. The summed E-state index contributed by atoms with van der Waals surface area (Å²) in [7, 11) is 0. The SMILES string of the molecule is Oc1ccc(C/C=C/c2ccc3ccccc3c2)cc1. The summed E-state index contributed by atoms with van der Waals surface area (Å²) in [4.78, 5) is 0. The first kappa shape index (κ1) is 12.5. The average Bonchev–Trinajstić information content (AvgIpc) is 2.49. The second-order valence-corrected chi connectivity index (χ2v) is 4.88. The number of benzene rings is 3. The van der Waals surface area contributed by atoms with E-state index in [-0.39, 0.29) is 0 Å². The minimum absolute atomic E-state index is 0.312. The van der Waals surface area contributed by atoms with Crippen LogP contribution in [0.3, 0.4) is 0 Å². The topological polar surface area (TPSA) is 20.2 Å². The van der Waals surface area contributed by atoms with Gasteiger partial charge in [-0.1, -0.05) is 60.7 Å². The van der Waals surface area contributed by atoms with Gasteiger partial charge in [0.1, 0.15) is 5.75 Å². The van der Waals surface area contributed by atoms with Crippen LogP contribution >= 0.6 is 0 Å². The van der Waals surface area contributed by atoms with Crippen molar-refractivity contribution in [1.29, 1.82) is 0 Å². The normalized spacial score (nSPS) is 11.2. The molecule has 1 heteroatoms. The Morgan fingerprint density at radius 2 is 1.55 bits per heavy atom. The van der Waals surface area contributed by atoms with Crippen molar-refractivity contribution in [1.82, 2.24) is 0 Å². The third-order valence-electron chi connectivity index (χ3n) is 3.37. The van der Waals surface area contributed by atoms with Crippen LogP contribution in [-0.4, -0.2) is 5.11 Å². The van der Waals surface area contributed by atoms with E-state index in [1.54, 1.807) is 12.1 Å². The van der Waals surface area contributed by atoms with Gasteiger partial charge in [0.2, 0.25) is 0 Å². The van der Waals surface area contributed by atoms with E-state index in [1.165, 1.54) is 21.9 Å². The van der Waals surface area contributed by atoms with Crippen molar-refractivity contribution < 1.29 is 5.11 Å². The quantitative estimate of drug-likeness (QED) is 0.717. The van der Waals surface area contributed by atoms with Crippen LogP contribution in [-0.2, 0) is 6.42 Å². The van der Waals surface area contributed by atoms with Crippen molar-refractivity contribution in [2.24, 2.45) is 0 Å². The van der Waals surface area contributed by atoms with E-state index < -0.39 is 0 Å². The molecule has 0 aromatic heterocycles. The summed E-state index contributed by atoms with van der Waals surface area (Å²) >= 11 is 0. The summed E-state index contributed by atoms with van der Waals surface area (Å²) < 4.78 is 0. The Morgan fingerprint density at radius 1 is 0.800 bits per heavy atom. The Balaban J connectivity index is 1.75. The van der Waals surface area contributed by atoms with Gasteiger partial charge < -0.3 is 5.11 Å². The average molecular weight is 260 g/mol. The first-order chi connectivity index (χ1) is 9.81. The summed E-state index contributed by atoms with van der Waals surface area (Å²) in [6.07, 6.45) is 5.16. The van der Waals surface area contributed by atoms with Crippen LogP contribution in [0.2, 0.25) is 0 Å². The van der Waals surface area contributed by atoms with Gasteiger partial charge in [-0.2, -0.15) is 0 Å². The maximum absolute atomic E-state index is 9.24. The maximum Gasteiger partial charge on any atom is 0.115 e. The lowest BCUT2D eigenvalue weighted by Crippen LogP contribution is -1.80. The second-order valence-electron chi connectivity index (χ2n) is 4.88. The zero-order valence-electron chi connectivity index (χ0n) is 11.2. The predicted octanol–water partition coefficient (Wildman–Crippen LogP) is 4.80. The van der Waals surface area contributed by atoms with Gasteiger partial charge in [0.25, 0.3) is 0 Å². The van der Waals surface area contributed by atoms with Crippen LogP contribution < -0.4 is 0 Å². The molecule has 0 aliphatic heterocycles. The van der Waals surface area contributed by atoms with E-state index in [4.69, 9.17) is 0 Å². The molecular weight excluding hydrogens is 244 g/mol. The minimum Gasteiger partial charge on any atom is -0.508 e. The molecule has 0 atom stereocenters. The number of phenolic OH excluding ortho intramolecular Hbond substituents is 1. The maximum atomic E-state index is 9.24. The van der Waals surface area contributed by atoms with E-state index in [2.05, 4.69) is 54.6 Å². The second kappa shape index (κ2) is 5.62. The molecule has 20 heavy (non-hydrogen) atoms. The molecule has 3 aromatic rings. The number of phenols is 1. The van der Waals surface area contributed by atoms with Gasteiger partial charge in [0, 0.05) is 0 Å². The molecule has 0 fully saturated rings. The molecule has 1 N–H and O–H groups in total. The van der Waals surface area contributed by atoms with Gasteiger partial charge in [0.15, 0.2) is 0 Å². The van der Waals surface area contributed by atoms with Gasteiger partial charge >= 0.3 is 0 Å². The molecule has 98 valence electrons. The molecule has 0 saturated heterocycles. The lowest BCUT2D eigenvalue weighted by molar-refractivity contribution is 0.475. The smallest absolute Gasteiger partial charge is 0.115 e. The summed E-state index contributed by atoms with van der Waals surface area (Å²) in [6.45, 7) is 0. The molecule has 0 amide bonds. The highest BCUT2D eigenvalue weighted by atomic mass is 16.3. The van der Waals surface area contributed by atoms with Gasteiger partial charge in [-0.05, 0) is 46.5 Å². The van der Waals surface area contributed by atoms with E-state index in [9.17, 15) is 5.11 Å². The van der Waals surface area contributed by atoms with Crippen molar-refractivity contribution >= 4 is 16.8 Å². The Hall–Kier alpha value is -2.54. The van der Waals surface area contributed by atoms with Gasteiger partial charge in [-0.25, -0.2) is 0 Å². The van der Waals surface area contributed by atoms with Gasteiger partial charge in [0.05, 0.1) is 0 Å². The number of hydrogen-bond donors (Lipinski definition) is 1. The molecule has 0 heterocycles. The highest BCUT2D eigenvalue weighted by Gasteiger charge is 1.93. The van der Waals surface area contributed by atoms with E-state index in [0.717, 1.165) is 6.42 Å². The van der Waals surface area contributed by atoms with Crippen molar-refractivity contribution in [2.45, 2.75) is 6.42 Å². The lowest BCUT2D eigenvalue weighted by atomic mass is 10.1. The molecule has 3 aromatic carbocycles. The highest BCUT2D eigenvalue weighted by molar-refractivity contribution is 5.84. The molecule has 0 aliphatic rings. The molecule has 0 radical (unpaired) electrons. The number of aromatic hydroxyl groups is 1. The minimum atomic E-state index is 0.312. The number of allylic oxidation sites excluding steroid dienone is 1. The Bertz CT molecular complexity index is 739. The lowest BCUT2D eigenvalue weighted by Gasteiger charge is -2.00. The van der Waals surface area contributed by atoms with E-state index >= 15 is 0 Å². The molecule has 3 rings (SSSR count). The summed E-state index contributed by atoms with van der Waals surface area (Å²) in [6, 6.07) is 22.2. The highest BCUT2D eigenvalue weighted by Crippen LogP contribution is 2.17. The van der Waals surface area contributed by atoms with Crippen LogP contribution in [0.25, 0.3) is 16.8 Å². The number of rotatable bonds is 3. The van der Waals surface area contributed by atoms with E-state index in [1.807, 2.05) is 12.1 Å². The third kappa shape index (κ3) is 2.89. The van der Waals surface area contributed by atoms with Gasteiger partial charge in [-0.3, -0.25) is 0 Å². The molecule has 0 saturated carbocycles. The monoisotopic (exact) mass is 260 g/mol. The van der Waals surface area contributed by atoms with Crippen LogP contribution in [0.5, 0.6) is 5.75 Å². The van der Waals surface area contributed by atoms with Crippen LogP contribution in [0.4, 0.5) is 0 Å². The molecule has 1 nitrogen and oxygen atoms in total. The summed E-state index contributed by atoms with van der Waals surface area (Å²) in [5.41, 5.74) is 2.40. The van der Waals surface area contributed by atoms with Crippen molar-refractivity contribution in [2.75, 3.05) is 0 Å². The fraction of sp³-hybridized carbons (Fsp3) is 0.0526. The molecule has 0 unspecified atom stereocenters. The standard InChI is InChI=1S/C19H16O/c20-19-12-9-15(10-13-19)4-3-5-16-8-11-17-6-1-2-7-18(17)14-16/h1-3,5-14,20H,4H2/b5-3+. The Labute approximate surface area is 118 Å². The van der Waals surface area contributed by atoms with Crippen molar-refractivity contribution in [3.63, 3.8) is 0 Å². The van der Waals surface area contributed by atoms with Gasteiger partial charge in [-0.15, -0.1) is 0 Å². The largest absolute Gasteiger partial charge is 0.508 e. The first-order valence-corrected chi connectivity index (χ1v) is 6.74. The Morgan fingerprint density at radius 3 is 2.35 bits per heavy atom. The molecule has 0 aliphatic carbocycles. The number of fused-ring (bicyclic) bond motifs is 1. The van der Waals surface area contributed by atoms with Crippen LogP contribution in [0.1, 0.15) is 11.1 Å². The molecular formula is C19H16O. The first-order valence-electron chi connectivity index (χ1n) is 6.74. The van der Waals surface area contributed by atoms with Crippen LogP contribution in [0.15, 0.2) is 72.8 Å². The number of hydrogen-bond acceptors (Lipinski definition) is 1. The van der Waals surface area contributed by atoms with Crippen LogP contribution in [0, 0.1) is 0 Å². The fourth-order valence-corrected chi connectivity index (χ4v) is 2.27. The van der Waals surface area contributed by atoms with E-state index in [0.29, 0.717) is 5.75 Å². The van der Waals surface area contributed by atoms with Crippen molar-refractivity contribution in [3.05, 3.63) is 83.9 Å². The Kier molecular flexibility index (Phi) is 3.51. The summed E-state index contributed by atoms with van der Waals surface area (Å²) in [5.74, 6) is 0.312.